The van der Waals surface area contributed by atoms with Crippen molar-refractivity contribution in [2.45, 2.75) is 24.8 Å². The number of fused-ring (bicyclic) bond motifs is 1. The number of hydrogen-bond acceptors (Lipinski definition) is 3. The van der Waals surface area contributed by atoms with Crippen molar-refractivity contribution in [3.05, 3.63) is 24.0 Å². The Balaban J connectivity index is 2.15. The van der Waals surface area contributed by atoms with Crippen LogP contribution in [0.5, 0.6) is 5.75 Å². The molecule has 1 aromatic carbocycles. The zero-order valence-corrected chi connectivity index (χ0v) is 12.5. The van der Waals surface area contributed by atoms with Crippen LogP contribution >= 0.6 is 23.4 Å². The number of aromatic nitrogens is 2. The fraction of sp³-hybridized carbons (Fsp3) is 0.500. The predicted molar refractivity (Wildman–Crippen MR) is 81.4 cm³/mol. The van der Waals surface area contributed by atoms with Gasteiger partial charge in [0.05, 0.1) is 18.5 Å². The van der Waals surface area contributed by atoms with E-state index in [4.69, 9.17) is 16.3 Å². The molecule has 1 aliphatic rings. The van der Waals surface area contributed by atoms with Gasteiger partial charge in [0.1, 0.15) is 17.1 Å². The number of halogens is 1. The highest BCUT2D eigenvalue weighted by atomic mass is 35.5. The Hall–Kier alpha value is -0.870. The lowest BCUT2D eigenvalue weighted by Gasteiger charge is -2.25. The second-order valence-corrected chi connectivity index (χ2v) is 6.20. The van der Waals surface area contributed by atoms with Gasteiger partial charge in [-0.3, -0.25) is 0 Å². The van der Waals surface area contributed by atoms with Crippen LogP contribution in [0.3, 0.4) is 0 Å². The van der Waals surface area contributed by atoms with Gasteiger partial charge in [0.25, 0.3) is 0 Å². The maximum Gasteiger partial charge on any atom is 0.146 e. The Morgan fingerprint density at radius 2 is 2.21 bits per heavy atom. The second kappa shape index (κ2) is 5.63. The largest absolute Gasteiger partial charge is 0.494 e. The molecule has 3 nitrogen and oxygen atoms in total. The summed E-state index contributed by atoms with van der Waals surface area (Å²) in [5, 5.41) is 0. The summed E-state index contributed by atoms with van der Waals surface area (Å²) < 4.78 is 7.73. The highest BCUT2D eigenvalue weighted by Crippen LogP contribution is 2.34. The van der Waals surface area contributed by atoms with Crippen LogP contribution in [0, 0.1) is 0 Å². The Labute approximate surface area is 122 Å². The molecule has 0 bridgehead atoms. The topological polar surface area (TPSA) is 27.1 Å². The van der Waals surface area contributed by atoms with Gasteiger partial charge in [-0.15, -0.1) is 11.6 Å². The molecule has 0 aliphatic carbocycles. The van der Waals surface area contributed by atoms with Gasteiger partial charge in [0, 0.05) is 6.04 Å². The molecule has 0 spiro atoms. The normalized spacial score (nSPS) is 16.9. The molecule has 1 fully saturated rings. The third kappa shape index (κ3) is 2.32. The van der Waals surface area contributed by atoms with E-state index in [1.54, 1.807) is 7.11 Å². The average molecular weight is 297 g/mol. The Kier molecular flexibility index (Phi) is 3.89. The zero-order valence-electron chi connectivity index (χ0n) is 10.9. The molecule has 3 rings (SSSR count). The smallest absolute Gasteiger partial charge is 0.146 e. The van der Waals surface area contributed by atoms with Crippen molar-refractivity contribution in [1.82, 2.24) is 9.55 Å². The van der Waals surface area contributed by atoms with Crippen molar-refractivity contribution in [3.8, 4) is 5.75 Å². The van der Waals surface area contributed by atoms with Crippen LogP contribution in [0.25, 0.3) is 11.0 Å². The minimum Gasteiger partial charge on any atom is -0.494 e. The quantitative estimate of drug-likeness (QED) is 0.805. The molecule has 0 N–H and O–H groups in total. The second-order valence-electron chi connectivity index (χ2n) is 4.70. The number of para-hydroxylation sites is 1. The number of ether oxygens (including phenoxy) is 1. The third-order valence-corrected chi connectivity index (χ3v) is 4.94. The van der Waals surface area contributed by atoms with Crippen molar-refractivity contribution in [2.24, 2.45) is 0 Å². The van der Waals surface area contributed by atoms with E-state index in [2.05, 4.69) is 15.6 Å². The van der Waals surface area contributed by atoms with Crippen LogP contribution < -0.4 is 4.74 Å². The van der Waals surface area contributed by atoms with Gasteiger partial charge in [-0.1, -0.05) is 6.07 Å². The van der Waals surface area contributed by atoms with Crippen LogP contribution in [0.1, 0.15) is 24.7 Å². The van der Waals surface area contributed by atoms with Crippen molar-refractivity contribution in [1.29, 1.82) is 0 Å². The average Bonchev–Trinajstić information content (AvgIpc) is 2.86. The number of nitrogens with zero attached hydrogens (tertiary/aromatic N) is 2. The summed E-state index contributed by atoms with van der Waals surface area (Å²) in [6, 6.07) is 6.61. The summed E-state index contributed by atoms with van der Waals surface area (Å²) >= 11 is 8.12. The Bertz CT molecular complexity index is 578. The number of alkyl halides is 1. The number of methoxy groups -OCH3 is 1. The van der Waals surface area contributed by atoms with Crippen LogP contribution in [0.2, 0.25) is 0 Å². The summed E-state index contributed by atoms with van der Waals surface area (Å²) in [6.07, 6.45) is 2.38. The maximum absolute atomic E-state index is 6.09. The molecule has 0 saturated carbocycles. The molecule has 1 aliphatic heterocycles. The SMILES string of the molecule is COc1cccc2c1nc(CCl)n2C1CCSCC1. The molecule has 0 unspecified atom stereocenters. The van der Waals surface area contributed by atoms with E-state index in [1.165, 1.54) is 24.3 Å². The van der Waals surface area contributed by atoms with Gasteiger partial charge in [0.15, 0.2) is 0 Å². The van der Waals surface area contributed by atoms with Gasteiger partial charge in [0.2, 0.25) is 0 Å². The first-order valence-electron chi connectivity index (χ1n) is 6.52. The molecule has 0 radical (unpaired) electrons. The first-order valence-corrected chi connectivity index (χ1v) is 8.21. The molecule has 19 heavy (non-hydrogen) atoms. The first kappa shape index (κ1) is 13.1. The lowest BCUT2D eigenvalue weighted by molar-refractivity contribution is 0.419. The minimum absolute atomic E-state index is 0.446. The molecule has 1 saturated heterocycles. The van der Waals surface area contributed by atoms with E-state index >= 15 is 0 Å². The van der Waals surface area contributed by atoms with Crippen LogP contribution in [0.15, 0.2) is 18.2 Å². The number of imidazole rings is 1. The molecule has 2 aromatic rings. The summed E-state index contributed by atoms with van der Waals surface area (Å²) in [5.41, 5.74) is 2.07. The van der Waals surface area contributed by atoms with Gasteiger partial charge >= 0.3 is 0 Å². The minimum atomic E-state index is 0.446. The van der Waals surface area contributed by atoms with Gasteiger partial charge < -0.3 is 9.30 Å². The monoisotopic (exact) mass is 296 g/mol. The fourth-order valence-electron chi connectivity index (χ4n) is 2.75. The molecule has 0 atom stereocenters. The highest BCUT2D eigenvalue weighted by molar-refractivity contribution is 7.99. The van der Waals surface area contributed by atoms with E-state index in [-0.39, 0.29) is 0 Å². The predicted octanol–water partition coefficient (Wildman–Crippen LogP) is 3.85. The maximum atomic E-state index is 6.09. The molecule has 0 amide bonds. The summed E-state index contributed by atoms with van der Waals surface area (Å²) in [7, 11) is 1.69. The van der Waals surface area contributed by atoms with E-state index in [0.29, 0.717) is 11.9 Å². The number of hydrogen-bond donors (Lipinski definition) is 0. The van der Waals surface area contributed by atoms with Crippen LogP contribution in [-0.2, 0) is 5.88 Å². The zero-order chi connectivity index (χ0) is 13.2. The van der Waals surface area contributed by atoms with Crippen molar-refractivity contribution < 1.29 is 4.74 Å². The highest BCUT2D eigenvalue weighted by Gasteiger charge is 2.22. The van der Waals surface area contributed by atoms with Gasteiger partial charge in [-0.05, 0) is 36.5 Å². The summed E-state index contributed by atoms with van der Waals surface area (Å²) in [5.74, 6) is 4.67. The van der Waals surface area contributed by atoms with Crippen LogP contribution in [-0.4, -0.2) is 28.2 Å². The molecule has 2 heterocycles. The number of benzene rings is 1. The lowest BCUT2D eigenvalue weighted by Crippen LogP contribution is -2.17. The van der Waals surface area contributed by atoms with E-state index < -0.39 is 0 Å². The number of rotatable bonds is 3. The first-order chi connectivity index (χ1) is 9.35. The fourth-order valence-corrected chi connectivity index (χ4v) is 4.02. The van der Waals surface area contributed by atoms with Crippen molar-refractivity contribution in [3.63, 3.8) is 0 Å². The van der Waals surface area contributed by atoms with Gasteiger partial charge in [-0.25, -0.2) is 4.98 Å². The molecule has 1 aromatic heterocycles. The standard InChI is InChI=1S/C14H17ClN2OS/c1-18-12-4-2-3-11-14(12)16-13(9-15)17(11)10-5-7-19-8-6-10/h2-4,10H,5-9H2,1H3. The van der Waals surface area contributed by atoms with Crippen molar-refractivity contribution in [2.75, 3.05) is 18.6 Å². The van der Waals surface area contributed by atoms with Crippen molar-refractivity contribution >= 4 is 34.4 Å². The van der Waals surface area contributed by atoms with E-state index in [0.717, 1.165) is 22.6 Å². The molecular weight excluding hydrogens is 280 g/mol. The Morgan fingerprint density at radius 3 is 2.89 bits per heavy atom. The molecule has 102 valence electrons. The van der Waals surface area contributed by atoms with E-state index in [9.17, 15) is 0 Å². The summed E-state index contributed by atoms with van der Waals surface area (Å²) in [4.78, 5) is 4.68. The third-order valence-electron chi connectivity index (χ3n) is 3.65. The van der Waals surface area contributed by atoms with E-state index in [1.807, 2.05) is 23.9 Å². The van der Waals surface area contributed by atoms with Crippen LogP contribution in [0.4, 0.5) is 0 Å². The van der Waals surface area contributed by atoms with Gasteiger partial charge in [-0.2, -0.15) is 11.8 Å². The number of thioether (sulfide) groups is 1. The molecular formula is C14H17ClN2OS. The molecule has 5 heteroatoms. The summed E-state index contributed by atoms with van der Waals surface area (Å²) in [6.45, 7) is 0. The Morgan fingerprint density at radius 1 is 1.42 bits per heavy atom. The lowest BCUT2D eigenvalue weighted by atomic mass is 10.1.